The fourth-order valence-corrected chi connectivity index (χ4v) is 6.95. The predicted molar refractivity (Wildman–Crippen MR) is 130 cm³/mol. The Labute approximate surface area is 199 Å². The van der Waals surface area contributed by atoms with Crippen molar-refractivity contribution in [2.45, 2.75) is 37.8 Å². The van der Waals surface area contributed by atoms with Gasteiger partial charge in [-0.1, -0.05) is 36.4 Å². The molecule has 5 heteroatoms. The Kier molecular flexibility index (Phi) is 4.57. The Morgan fingerprint density at radius 3 is 2.71 bits per heavy atom. The molecule has 7 rings (SSSR count). The summed E-state index contributed by atoms with van der Waals surface area (Å²) >= 11 is 0. The van der Waals surface area contributed by atoms with Gasteiger partial charge in [0.1, 0.15) is 0 Å². The van der Waals surface area contributed by atoms with Gasteiger partial charge in [0, 0.05) is 17.8 Å². The van der Waals surface area contributed by atoms with Crippen LogP contribution >= 0.6 is 0 Å². The molecule has 0 radical (unpaired) electrons. The highest BCUT2D eigenvalue weighted by atomic mass is 16.7. The number of hydrogen-bond donors (Lipinski definition) is 2. The molecule has 34 heavy (non-hydrogen) atoms. The SMILES string of the molecule is O=C(NCc1ccc2c(c1)OCO2)c1ccc2c(c1)[C@H]1[C@H]3CC[C@@H](C3)[C@@H]1[C@@H](c1ccccc1)N2. The summed E-state index contributed by atoms with van der Waals surface area (Å²) in [5, 5.41) is 6.95. The predicted octanol–water partition coefficient (Wildman–Crippen LogP) is 5.64. The van der Waals surface area contributed by atoms with Crippen molar-refractivity contribution in [3.05, 3.63) is 89.0 Å². The summed E-state index contributed by atoms with van der Waals surface area (Å²) in [6.07, 6.45) is 3.97. The van der Waals surface area contributed by atoms with Crippen molar-refractivity contribution >= 4 is 11.6 Å². The second-order valence-corrected chi connectivity index (χ2v) is 10.1. The Bertz CT molecular complexity index is 1260. The largest absolute Gasteiger partial charge is 0.454 e. The first-order valence-electron chi connectivity index (χ1n) is 12.4. The zero-order valence-corrected chi connectivity index (χ0v) is 19.0. The summed E-state index contributed by atoms with van der Waals surface area (Å²) in [7, 11) is 0. The smallest absolute Gasteiger partial charge is 0.251 e. The number of benzene rings is 3. The average molecular weight is 453 g/mol. The van der Waals surface area contributed by atoms with Gasteiger partial charge >= 0.3 is 0 Å². The van der Waals surface area contributed by atoms with Gasteiger partial charge in [0.05, 0.1) is 6.04 Å². The summed E-state index contributed by atoms with van der Waals surface area (Å²) in [5.74, 6) is 4.08. The van der Waals surface area contributed by atoms with E-state index in [1.807, 2.05) is 24.3 Å². The average Bonchev–Trinajstić information content (AvgIpc) is 3.63. The van der Waals surface area contributed by atoms with E-state index in [2.05, 4.69) is 53.1 Å². The number of nitrogens with one attached hydrogen (secondary N) is 2. The molecule has 2 bridgehead atoms. The van der Waals surface area contributed by atoms with E-state index in [1.54, 1.807) is 0 Å². The first-order chi connectivity index (χ1) is 16.7. The molecule has 4 aliphatic rings. The molecular formula is C29H28N2O3. The lowest BCUT2D eigenvalue weighted by molar-refractivity contribution is 0.0950. The van der Waals surface area contributed by atoms with Crippen molar-refractivity contribution in [2.24, 2.45) is 17.8 Å². The second-order valence-electron chi connectivity index (χ2n) is 10.1. The van der Waals surface area contributed by atoms with Crippen molar-refractivity contribution < 1.29 is 14.3 Å². The van der Waals surface area contributed by atoms with Gasteiger partial charge in [-0.25, -0.2) is 0 Å². The van der Waals surface area contributed by atoms with E-state index in [4.69, 9.17) is 9.47 Å². The summed E-state index contributed by atoms with van der Waals surface area (Å²) in [6, 6.07) is 23.2. The zero-order valence-electron chi connectivity index (χ0n) is 19.0. The van der Waals surface area contributed by atoms with Gasteiger partial charge < -0.3 is 20.1 Å². The summed E-state index contributed by atoms with van der Waals surface area (Å²) in [4.78, 5) is 13.1. The van der Waals surface area contributed by atoms with Gasteiger partial charge in [-0.3, -0.25) is 4.79 Å². The molecule has 0 spiro atoms. The Balaban J connectivity index is 1.15. The van der Waals surface area contributed by atoms with E-state index in [0.29, 0.717) is 24.4 Å². The molecule has 5 atom stereocenters. The van der Waals surface area contributed by atoms with Crippen LogP contribution in [0.15, 0.2) is 66.7 Å². The van der Waals surface area contributed by atoms with Crippen LogP contribution in [0, 0.1) is 17.8 Å². The molecule has 2 heterocycles. The number of fused-ring (bicyclic) bond motifs is 8. The van der Waals surface area contributed by atoms with Crippen LogP contribution in [0.5, 0.6) is 11.5 Å². The van der Waals surface area contributed by atoms with Gasteiger partial charge in [0.25, 0.3) is 5.91 Å². The van der Waals surface area contributed by atoms with Crippen LogP contribution in [-0.4, -0.2) is 12.7 Å². The topological polar surface area (TPSA) is 59.6 Å². The van der Waals surface area contributed by atoms with Crippen molar-refractivity contribution in [3.63, 3.8) is 0 Å². The lowest BCUT2D eigenvalue weighted by Gasteiger charge is -2.43. The van der Waals surface area contributed by atoms with Crippen LogP contribution in [0.3, 0.4) is 0 Å². The molecule has 3 aromatic carbocycles. The van der Waals surface area contributed by atoms with Gasteiger partial charge in [-0.15, -0.1) is 0 Å². The van der Waals surface area contributed by atoms with Gasteiger partial charge in [0.2, 0.25) is 6.79 Å². The third kappa shape index (κ3) is 3.17. The van der Waals surface area contributed by atoms with Gasteiger partial charge in [0.15, 0.2) is 11.5 Å². The quantitative estimate of drug-likeness (QED) is 0.538. The highest BCUT2D eigenvalue weighted by Gasteiger charge is 2.53. The Hall–Kier alpha value is -3.47. The number of amides is 1. The maximum absolute atomic E-state index is 13.1. The first-order valence-corrected chi connectivity index (χ1v) is 12.4. The van der Waals surface area contributed by atoms with E-state index < -0.39 is 0 Å². The molecule has 2 aliphatic heterocycles. The zero-order chi connectivity index (χ0) is 22.6. The summed E-state index contributed by atoms with van der Waals surface area (Å²) in [5.41, 5.74) is 5.63. The molecule has 172 valence electrons. The minimum atomic E-state index is -0.0367. The summed E-state index contributed by atoms with van der Waals surface area (Å²) in [6.45, 7) is 0.709. The third-order valence-electron chi connectivity index (χ3n) is 8.40. The number of rotatable bonds is 4. The standard InChI is InChI=1S/C29H28N2O3/c32-29(30-15-17-6-11-24-25(12-17)34-16-33-24)21-9-10-23-22(14-21)26-19-7-8-20(13-19)27(26)28(31-23)18-4-2-1-3-5-18/h1-6,9-12,14,19-20,26-28,31H,7-8,13,15-16H2,(H,30,32)/t19-,20-,26+,27-,28+/m0/s1. The van der Waals surface area contributed by atoms with E-state index in [9.17, 15) is 4.79 Å². The maximum atomic E-state index is 13.1. The van der Waals surface area contributed by atoms with E-state index in [1.165, 1.54) is 36.1 Å². The lowest BCUT2D eigenvalue weighted by atomic mass is 9.68. The lowest BCUT2D eigenvalue weighted by Crippen LogP contribution is -2.35. The molecule has 1 amide bonds. The highest BCUT2D eigenvalue weighted by molar-refractivity contribution is 5.95. The van der Waals surface area contributed by atoms with Crippen molar-refractivity contribution in [2.75, 3.05) is 12.1 Å². The van der Waals surface area contributed by atoms with Crippen LogP contribution in [-0.2, 0) is 6.54 Å². The molecule has 2 aliphatic carbocycles. The molecule has 2 N–H and O–H groups in total. The number of hydrogen-bond acceptors (Lipinski definition) is 4. The van der Waals surface area contributed by atoms with Crippen molar-refractivity contribution in [3.8, 4) is 11.5 Å². The van der Waals surface area contributed by atoms with E-state index >= 15 is 0 Å². The maximum Gasteiger partial charge on any atom is 0.251 e. The molecule has 3 aromatic rings. The summed E-state index contributed by atoms with van der Waals surface area (Å²) < 4.78 is 10.8. The molecular weight excluding hydrogens is 424 g/mol. The molecule has 2 saturated carbocycles. The van der Waals surface area contributed by atoms with Crippen molar-refractivity contribution in [1.29, 1.82) is 0 Å². The minimum Gasteiger partial charge on any atom is -0.454 e. The van der Waals surface area contributed by atoms with E-state index in [0.717, 1.165) is 34.5 Å². The van der Waals surface area contributed by atoms with Crippen molar-refractivity contribution in [1.82, 2.24) is 5.32 Å². The van der Waals surface area contributed by atoms with Crippen LogP contribution < -0.4 is 20.1 Å². The molecule has 5 nitrogen and oxygen atoms in total. The van der Waals surface area contributed by atoms with Crippen LogP contribution in [0.1, 0.15) is 58.3 Å². The van der Waals surface area contributed by atoms with Gasteiger partial charge in [-0.05, 0) is 90.0 Å². The fraction of sp³-hybridized carbons (Fsp3) is 0.345. The third-order valence-corrected chi connectivity index (χ3v) is 8.40. The van der Waals surface area contributed by atoms with Crippen LogP contribution in [0.25, 0.3) is 0 Å². The highest BCUT2D eigenvalue weighted by Crippen LogP contribution is 2.63. The number of ether oxygens (including phenoxy) is 2. The van der Waals surface area contributed by atoms with Crippen LogP contribution in [0.4, 0.5) is 5.69 Å². The number of carbonyl (C=O) groups is 1. The normalized spacial score (nSPS) is 27.6. The van der Waals surface area contributed by atoms with Crippen LogP contribution in [0.2, 0.25) is 0 Å². The number of carbonyl (C=O) groups excluding carboxylic acids is 1. The molecule has 0 unspecified atom stereocenters. The Morgan fingerprint density at radius 2 is 1.79 bits per heavy atom. The van der Waals surface area contributed by atoms with E-state index in [-0.39, 0.29) is 12.7 Å². The molecule has 0 saturated heterocycles. The second kappa shape index (κ2) is 7.79. The minimum absolute atomic E-state index is 0.0367. The monoisotopic (exact) mass is 452 g/mol. The first kappa shape index (κ1) is 20.0. The van der Waals surface area contributed by atoms with Gasteiger partial charge in [-0.2, -0.15) is 0 Å². The molecule has 2 fully saturated rings. The number of anilines is 1. The Morgan fingerprint density at radius 1 is 0.941 bits per heavy atom. The fourth-order valence-electron chi connectivity index (χ4n) is 6.95. The molecule has 0 aromatic heterocycles.